The van der Waals surface area contributed by atoms with Gasteiger partial charge >= 0.3 is 0 Å². The van der Waals surface area contributed by atoms with Crippen molar-refractivity contribution in [3.63, 3.8) is 0 Å². The first-order valence-electron chi connectivity index (χ1n) is 6.07. The summed E-state index contributed by atoms with van der Waals surface area (Å²) in [4.78, 5) is 4.20. The van der Waals surface area contributed by atoms with Gasteiger partial charge in [-0.15, -0.1) is 0 Å². The van der Waals surface area contributed by atoms with Crippen molar-refractivity contribution in [2.75, 3.05) is 7.05 Å². The summed E-state index contributed by atoms with van der Waals surface area (Å²) in [5.41, 5.74) is 2.44. The number of hydrogen-bond acceptors (Lipinski definition) is 3. The van der Waals surface area contributed by atoms with E-state index < -0.39 is 0 Å². The van der Waals surface area contributed by atoms with Gasteiger partial charge in [0.15, 0.2) is 0 Å². The minimum atomic E-state index is 0.259. The third-order valence-corrected chi connectivity index (χ3v) is 3.46. The number of rotatable bonds is 5. The highest BCUT2D eigenvalue weighted by Crippen LogP contribution is 2.24. The van der Waals surface area contributed by atoms with E-state index in [0.717, 1.165) is 23.1 Å². The zero-order valence-corrected chi connectivity index (χ0v) is 12.2. The van der Waals surface area contributed by atoms with Crippen LogP contribution in [0, 0.1) is 0 Å². The molecule has 0 aliphatic rings. The summed E-state index contributed by atoms with van der Waals surface area (Å²) in [7, 11) is 1.97. The summed E-state index contributed by atoms with van der Waals surface area (Å²) in [5.74, 6) is 1.05. The standard InChI is InChI=1S/C14H17BrN2O/c1-3-14-12(4-5-18-14)13(16-2)7-10-6-11(15)9-17-8-10/h4-6,8-9,13,16H,3,7H2,1-2H3. The number of nitrogens with one attached hydrogen (secondary N) is 1. The van der Waals surface area contributed by atoms with Gasteiger partial charge in [-0.05, 0) is 47.1 Å². The lowest BCUT2D eigenvalue weighted by Gasteiger charge is -2.16. The number of pyridine rings is 1. The van der Waals surface area contributed by atoms with Gasteiger partial charge in [-0.2, -0.15) is 0 Å². The van der Waals surface area contributed by atoms with Crippen LogP contribution >= 0.6 is 15.9 Å². The normalized spacial score (nSPS) is 12.6. The van der Waals surface area contributed by atoms with Gasteiger partial charge in [0, 0.05) is 34.9 Å². The molecule has 4 heteroatoms. The Morgan fingerprint density at radius 3 is 2.94 bits per heavy atom. The summed E-state index contributed by atoms with van der Waals surface area (Å²) in [5, 5.41) is 3.34. The fourth-order valence-corrected chi connectivity index (χ4v) is 2.53. The summed E-state index contributed by atoms with van der Waals surface area (Å²) >= 11 is 3.45. The van der Waals surface area contributed by atoms with Crippen molar-refractivity contribution < 1.29 is 4.42 Å². The second-order valence-corrected chi connectivity index (χ2v) is 5.13. The third kappa shape index (κ3) is 3.00. The molecule has 3 nitrogen and oxygen atoms in total. The predicted octanol–water partition coefficient (Wildman–Crippen LogP) is 3.50. The molecule has 1 N–H and O–H groups in total. The minimum Gasteiger partial charge on any atom is -0.469 e. The molecular formula is C14H17BrN2O. The molecule has 0 aliphatic carbocycles. The molecule has 2 heterocycles. The average Bonchev–Trinajstić information content (AvgIpc) is 2.84. The maximum atomic E-state index is 5.49. The SMILES string of the molecule is CCc1occc1C(Cc1cncc(Br)c1)NC. The Morgan fingerprint density at radius 1 is 1.44 bits per heavy atom. The second-order valence-electron chi connectivity index (χ2n) is 4.21. The Labute approximate surface area is 116 Å². The lowest BCUT2D eigenvalue weighted by atomic mass is 9.99. The molecule has 2 aromatic heterocycles. The van der Waals surface area contributed by atoms with Crippen LogP contribution in [0.15, 0.2) is 39.7 Å². The van der Waals surface area contributed by atoms with Crippen LogP contribution in [0.25, 0.3) is 0 Å². The number of hydrogen-bond donors (Lipinski definition) is 1. The molecule has 0 aliphatic heterocycles. The van der Waals surface area contributed by atoms with E-state index in [4.69, 9.17) is 4.42 Å². The largest absolute Gasteiger partial charge is 0.469 e. The van der Waals surface area contributed by atoms with Gasteiger partial charge in [-0.3, -0.25) is 4.98 Å². The molecule has 0 saturated carbocycles. The van der Waals surface area contributed by atoms with Gasteiger partial charge in [0.25, 0.3) is 0 Å². The second kappa shape index (κ2) is 6.16. The summed E-state index contributed by atoms with van der Waals surface area (Å²) < 4.78 is 6.50. The maximum absolute atomic E-state index is 5.49. The van der Waals surface area contributed by atoms with Gasteiger partial charge in [0.2, 0.25) is 0 Å². The Bertz CT molecular complexity index is 510. The number of aromatic nitrogens is 1. The first kappa shape index (κ1) is 13.3. The average molecular weight is 309 g/mol. The van der Waals surface area contributed by atoms with Gasteiger partial charge in [0.1, 0.15) is 5.76 Å². The van der Waals surface area contributed by atoms with Crippen molar-refractivity contribution in [2.45, 2.75) is 25.8 Å². The Balaban J connectivity index is 2.20. The third-order valence-electron chi connectivity index (χ3n) is 3.03. The van der Waals surface area contributed by atoms with Crippen molar-refractivity contribution >= 4 is 15.9 Å². The van der Waals surface area contributed by atoms with E-state index in [9.17, 15) is 0 Å². The molecule has 96 valence electrons. The van der Waals surface area contributed by atoms with Gasteiger partial charge < -0.3 is 9.73 Å². The summed E-state index contributed by atoms with van der Waals surface area (Å²) in [6, 6.07) is 4.41. The molecule has 0 saturated heterocycles. The zero-order valence-electron chi connectivity index (χ0n) is 10.6. The molecule has 0 amide bonds. The van der Waals surface area contributed by atoms with Crippen LogP contribution in [-0.2, 0) is 12.8 Å². The first-order chi connectivity index (χ1) is 8.74. The van der Waals surface area contributed by atoms with Gasteiger partial charge in [0.05, 0.1) is 6.26 Å². The van der Waals surface area contributed by atoms with Gasteiger partial charge in [-0.1, -0.05) is 6.92 Å². The molecule has 1 atom stereocenters. The molecule has 0 aromatic carbocycles. The van der Waals surface area contributed by atoms with Gasteiger partial charge in [-0.25, -0.2) is 0 Å². The topological polar surface area (TPSA) is 38.1 Å². The monoisotopic (exact) mass is 308 g/mol. The Morgan fingerprint density at radius 2 is 2.28 bits per heavy atom. The molecule has 0 spiro atoms. The van der Waals surface area contributed by atoms with Crippen molar-refractivity contribution in [3.8, 4) is 0 Å². The summed E-state index contributed by atoms with van der Waals surface area (Å²) in [6.45, 7) is 2.11. The first-order valence-corrected chi connectivity index (χ1v) is 6.86. The number of furan rings is 1. The fourth-order valence-electron chi connectivity index (χ4n) is 2.12. The fraction of sp³-hybridized carbons (Fsp3) is 0.357. The maximum Gasteiger partial charge on any atom is 0.108 e. The zero-order chi connectivity index (χ0) is 13.0. The number of halogens is 1. The molecular weight excluding hydrogens is 292 g/mol. The van der Waals surface area contributed by atoms with E-state index >= 15 is 0 Å². The van der Waals surface area contributed by atoms with E-state index in [1.807, 2.05) is 19.3 Å². The lowest BCUT2D eigenvalue weighted by Crippen LogP contribution is -2.19. The van der Waals surface area contributed by atoms with E-state index in [1.54, 1.807) is 12.5 Å². The van der Waals surface area contributed by atoms with E-state index in [0.29, 0.717) is 0 Å². The molecule has 2 rings (SSSR count). The van der Waals surface area contributed by atoms with Crippen molar-refractivity contribution in [1.29, 1.82) is 0 Å². The molecule has 18 heavy (non-hydrogen) atoms. The van der Waals surface area contributed by atoms with Crippen molar-refractivity contribution in [2.24, 2.45) is 0 Å². The number of likely N-dealkylation sites (N-methyl/N-ethyl adjacent to an activating group) is 1. The lowest BCUT2D eigenvalue weighted by molar-refractivity contribution is 0.495. The quantitative estimate of drug-likeness (QED) is 0.918. The van der Waals surface area contributed by atoms with Crippen LogP contribution in [-0.4, -0.2) is 12.0 Å². The molecule has 0 fully saturated rings. The van der Waals surface area contributed by atoms with Crippen LogP contribution < -0.4 is 5.32 Å². The van der Waals surface area contributed by atoms with Crippen LogP contribution in [0.2, 0.25) is 0 Å². The highest BCUT2D eigenvalue weighted by molar-refractivity contribution is 9.10. The van der Waals surface area contributed by atoms with E-state index in [2.05, 4.69) is 39.2 Å². The highest BCUT2D eigenvalue weighted by atomic mass is 79.9. The molecule has 1 unspecified atom stereocenters. The van der Waals surface area contributed by atoms with Crippen LogP contribution in [0.1, 0.15) is 29.9 Å². The van der Waals surface area contributed by atoms with Crippen LogP contribution in [0.5, 0.6) is 0 Å². The molecule has 0 radical (unpaired) electrons. The van der Waals surface area contributed by atoms with Crippen molar-refractivity contribution in [1.82, 2.24) is 10.3 Å². The number of nitrogens with zero attached hydrogens (tertiary/aromatic N) is 1. The number of aryl methyl sites for hydroxylation is 1. The predicted molar refractivity (Wildman–Crippen MR) is 75.5 cm³/mol. The smallest absolute Gasteiger partial charge is 0.108 e. The van der Waals surface area contributed by atoms with Crippen LogP contribution in [0.3, 0.4) is 0 Å². The minimum absolute atomic E-state index is 0.259. The summed E-state index contributed by atoms with van der Waals surface area (Å²) in [6.07, 6.45) is 7.28. The van der Waals surface area contributed by atoms with E-state index in [1.165, 1.54) is 11.1 Å². The highest BCUT2D eigenvalue weighted by Gasteiger charge is 2.16. The van der Waals surface area contributed by atoms with Crippen molar-refractivity contribution in [3.05, 3.63) is 52.1 Å². The Hall–Kier alpha value is -1.13. The Kier molecular flexibility index (Phi) is 4.55. The molecule has 0 bridgehead atoms. The molecule has 2 aromatic rings. The van der Waals surface area contributed by atoms with E-state index in [-0.39, 0.29) is 6.04 Å². The van der Waals surface area contributed by atoms with Crippen LogP contribution in [0.4, 0.5) is 0 Å².